The molecule has 1 aromatic rings. The van der Waals surface area contributed by atoms with Crippen LogP contribution < -0.4 is 14.8 Å². The second-order valence-electron chi connectivity index (χ2n) is 6.20. The summed E-state index contributed by atoms with van der Waals surface area (Å²) in [5.41, 5.74) is 0.715. The van der Waals surface area contributed by atoms with Gasteiger partial charge in [0.1, 0.15) is 5.54 Å². The van der Waals surface area contributed by atoms with E-state index < -0.39 is 11.5 Å². The minimum atomic E-state index is -1.10. The fourth-order valence-electron chi connectivity index (χ4n) is 3.14. The fourth-order valence-corrected chi connectivity index (χ4v) is 4.22. The van der Waals surface area contributed by atoms with E-state index in [0.29, 0.717) is 24.3 Å². The summed E-state index contributed by atoms with van der Waals surface area (Å²) in [6, 6.07) is 3.78. The van der Waals surface area contributed by atoms with E-state index in [-0.39, 0.29) is 5.91 Å². The lowest BCUT2D eigenvalue weighted by Crippen LogP contribution is -2.58. The number of fused-ring (bicyclic) bond motifs is 1. The van der Waals surface area contributed by atoms with Crippen LogP contribution >= 0.6 is 11.8 Å². The molecule has 0 atom stereocenters. The van der Waals surface area contributed by atoms with Crippen LogP contribution in [-0.2, 0) is 9.59 Å². The number of amides is 1. The number of hydrogen-bond acceptors (Lipinski definition) is 5. The van der Waals surface area contributed by atoms with Crippen LogP contribution in [0.3, 0.4) is 0 Å². The highest BCUT2D eigenvalue weighted by Gasteiger charge is 2.45. The summed E-state index contributed by atoms with van der Waals surface area (Å²) in [6.07, 6.45) is 4.04. The molecule has 0 unspecified atom stereocenters. The number of rotatable bonds is 5. The molecule has 25 heavy (non-hydrogen) atoms. The molecular formula is C18H21NO5S. The standard InChI is InChI=1S/C18H21NO5S/c1-23-13-9-12-11(4-7-25-15(12)10-14(13)24-2)8-16(20)19-18(17(21)22)5-3-6-18/h8-10H,3-7H2,1-2H3,(H,19,20)(H,21,22). The van der Waals surface area contributed by atoms with Gasteiger partial charge in [-0.3, -0.25) is 4.79 Å². The molecule has 1 saturated carbocycles. The Balaban J connectivity index is 1.88. The first-order chi connectivity index (χ1) is 12.0. The number of nitrogens with one attached hydrogen (secondary N) is 1. The summed E-state index contributed by atoms with van der Waals surface area (Å²) < 4.78 is 10.7. The van der Waals surface area contributed by atoms with Gasteiger partial charge in [-0.2, -0.15) is 0 Å². The van der Waals surface area contributed by atoms with Crippen molar-refractivity contribution in [1.82, 2.24) is 5.32 Å². The third-order valence-electron chi connectivity index (χ3n) is 4.74. The highest BCUT2D eigenvalue weighted by Crippen LogP contribution is 2.43. The zero-order chi connectivity index (χ0) is 18.0. The molecule has 0 radical (unpaired) electrons. The summed E-state index contributed by atoms with van der Waals surface area (Å²) in [4.78, 5) is 24.8. The normalized spacial score (nSPS) is 19.5. The minimum Gasteiger partial charge on any atom is -0.493 e. The SMILES string of the molecule is COc1cc2c(cc1OC)C(=CC(=O)NC1(C(=O)O)CCC1)CCS2. The Morgan fingerprint density at radius 3 is 2.48 bits per heavy atom. The lowest BCUT2D eigenvalue weighted by atomic mass is 9.76. The third kappa shape index (κ3) is 3.33. The molecule has 1 fully saturated rings. The molecule has 1 aliphatic heterocycles. The summed E-state index contributed by atoms with van der Waals surface area (Å²) in [5, 5.41) is 12.0. The zero-order valence-corrected chi connectivity index (χ0v) is 15.1. The van der Waals surface area contributed by atoms with E-state index in [1.165, 1.54) is 6.08 Å². The zero-order valence-electron chi connectivity index (χ0n) is 14.3. The van der Waals surface area contributed by atoms with E-state index in [2.05, 4.69) is 5.32 Å². The van der Waals surface area contributed by atoms with Gasteiger partial charge < -0.3 is 19.9 Å². The average Bonchev–Trinajstić information content (AvgIpc) is 2.56. The van der Waals surface area contributed by atoms with Crippen LogP contribution in [0.5, 0.6) is 11.5 Å². The predicted octanol–water partition coefficient (Wildman–Crippen LogP) is 2.71. The van der Waals surface area contributed by atoms with Gasteiger partial charge in [-0.25, -0.2) is 4.79 Å². The predicted molar refractivity (Wildman–Crippen MR) is 95.2 cm³/mol. The maximum Gasteiger partial charge on any atom is 0.329 e. The van der Waals surface area contributed by atoms with Crippen molar-refractivity contribution < 1.29 is 24.2 Å². The molecule has 1 amide bonds. The number of carboxylic acid groups (broad SMARTS) is 1. The molecule has 3 rings (SSSR count). The van der Waals surface area contributed by atoms with E-state index in [0.717, 1.165) is 34.6 Å². The highest BCUT2D eigenvalue weighted by molar-refractivity contribution is 7.99. The number of carboxylic acids is 1. The summed E-state index contributed by atoms with van der Waals surface area (Å²) in [6.45, 7) is 0. The first-order valence-electron chi connectivity index (χ1n) is 8.14. The smallest absolute Gasteiger partial charge is 0.329 e. The lowest BCUT2D eigenvalue weighted by molar-refractivity contribution is -0.151. The molecule has 1 heterocycles. The fraction of sp³-hybridized carbons (Fsp3) is 0.444. The lowest BCUT2D eigenvalue weighted by Gasteiger charge is -2.38. The number of allylic oxidation sites excluding steroid dienone is 1. The van der Waals surface area contributed by atoms with Gasteiger partial charge in [0.25, 0.3) is 0 Å². The van der Waals surface area contributed by atoms with Gasteiger partial charge in [0.2, 0.25) is 5.91 Å². The Kier molecular flexibility index (Phi) is 4.94. The summed E-state index contributed by atoms with van der Waals surface area (Å²) >= 11 is 1.70. The van der Waals surface area contributed by atoms with Gasteiger partial charge in [0.05, 0.1) is 14.2 Å². The molecular weight excluding hydrogens is 342 g/mol. The maximum absolute atomic E-state index is 12.4. The van der Waals surface area contributed by atoms with Crippen LogP contribution in [0.15, 0.2) is 23.1 Å². The Morgan fingerprint density at radius 2 is 1.92 bits per heavy atom. The molecule has 1 aromatic carbocycles. The molecule has 6 nitrogen and oxygen atoms in total. The maximum atomic E-state index is 12.4. The monoisotopic (exact) mass is 363 g/mol. The van der Waals surface area contributed by atoms with Crippen molar-refractivity contribution in [2.75, 3.05) is 20.0 Å². The molecule has 1 aliphatic carbocycles. The Hall–Kier alpha value is -2.15. The average molecular weight is 363 g/mol. The Bertz CT molecular complexity index is 739. The molecule has 0 saturated heterocycles. The number of ether oxygens (including phenoxy) is 2. The van der Waals surface area contributed by atoms with Gasteiger partial charge in [-0.05, 0) is 49.0 Å². The van der Waals surface area contributed by atoms with Gasteiger partial charge in [0.15, 0.2) is 11.5 Å². The molecule has 0 aromatic heterocycles. The minimum absolute atomic E-state index is 0.357. The van der Waals surface area contributed by atoms with Crippen LogP contribution in [-0.4, -0.2) is 42.5 Å². The van der Waals surface area contributed by atoms with Crippen LogP contribution in [0.4, 0.5) is 0 Å². The molecule has 2 N–H and O–H groups in total. The number of benzene rings is 1. The number of hydrogen-bond donors (Lipinski definition) is 2. The van der Waals surface area contributed by atoms with Gasteiger partial charge in [-0.15, -0.1) is 11.8 Å². The Morgan fingerprint density at radius 1 is 1.24 bits per heavy atom. The topological polar surface area (TPSA) is 84.9 Å². The molecule has 0 spiro atoms. The van der Waals surface area contributed by atoms with Gasteiger partial charge in [-0.1, -0.05) is 0 Å². The quantitative estimate of drug-likeness (QED) is 0.783. The number of methoxy groups -OCH3 is 2. The first-order valence-corrected chi connectivity index (χ1v) is 9.13. The summed E-state index contributed by atoms with van der Waals surface area (Å²) in [7, 11) is 3.16. The Labute approximate surface area is 150 Å². The number of carbonyl (C=O) groups is 2. The molecule has 0 bridgehead atoms. The van der Waals surface area contributed by atoms with Crippen molar-refractivity contribution in [3.05, 3.63) is 23.8 Å². The van der Waals surface area contributed by atoms with Crippen molar-refractivity contribution >= 4 is 29.2 Å². The number of thioether (sulfide) groups is 1. The summed E-state index contributed by atoms with van der Waals surface area (Å²) in [5.74, 6) is 0.794. The van der Waals surface area contributed by atoms with Crippen molar-refractivity contribution in [2.45, 2.75) is 36.1 Å². The van der Waals surface area contributed by atoms with E-state index in [1.54, 1.807) is 26.0 Å². The van der Waals surface area contributed by atoms with E-state index >= 15 is 0 Å². The largest absolute Gasteiger partial charge is 0.493 e. The van der Waals surface area contributed by atoms with Crippen molar-refractivity contribution in [1.29, 1.82) is 0 Å². The van der Waals surface area contributed by atoms with Crippen molar-refractivity contribution in [2.24, 2.45) is 0 Å². The molecule has 7 heteroatoms. The van der Waals surface area contributed by atoms with Crippen molar-refractivity contribution in [3.63, 3.8) is 0 Å². The molecule has 2 aliphatic rings. The van der Waals surface area contributed by atoms with E-state index in [9.17, 15) is 14.7 Å². The first kappa shape index (κ1) is 17.7. The van der Waals surface area contributed by atoms with Gasteiger partial charge in [0, 0.05) is 16.7 Å². The second kappa shape index (κ2) is 7.00. The highest BCUT2D eigenvalue weighted by atomic mass is 32.2. The van der Waals surface area contributed by atoms with Crippen LogP contribution in [0.2, 0.25) is 0 Å². The van der Waals surface area contributed by atoms with Crippen LogP contribution in [0.1, 0.15) is 31.2 Å². The van der Waals surface area contributed by atoms with E-state index in [4.69, 9.17) is 9.47 Å². The second-order valence-corrected chi connectivity index (χ2v) is 7.34. The number of aliphatic carboxylic acids is 1. The van der Waals surface area contributed by atoms with Crippen LogP contribution in [0.25, 0.3) is 5.57 Å². The number of carbonyl (C=O) groups excluding carboxylic acids is 1. The van der Waals surface area contributed by atoms with E-state index in [1.807, 2.05) is 12.1 Å². The van der Waals surface area contributed by atoms with Crippen LogP contribution in [0, 0.1) is 0 Å². The van der Waals surface area contributed by atoms with Gasteiger partial charge >= 0.3 is 5.97 Å². The van der Waals surface area contributed by atoms with Crippen molar-refractivity contribution in [3.8, 4) is 11.5 Å². The third-order valence-corrected chi connectivity index (χ3v) is 5.80. The molecule has 134 valence electrons.